The summed E-state index contributed by atoms with van der Waals surface area (Å²) in [4.78, 5) is 12.6. The van der Waals surface area contributed by atoms with E-state index in [0.29, 0.717) is 11.1 Å². The Balaban J connectivity index is 1.17. The first-order valence-electron chi connectivity index (χ1n) is 11.7. The lowest BCUT2D eigenvalue weighted by molar-refractivity contribution is 0.103. The van der Waals surface area contributed by atoms with Crippen molar-refractivity contribution in [3.8, 4) is 0 Å². The zero-order valence-corrected chi connectivity index (χ0v) is 19.6. The molecule has 5 aromatic carbocycles. The summed E-state index contributed by atoms with van der Waals surface area (Å²) in [6.45, 7) is 0. The Hall–Kier alpha value is -5.03. The van der Waals surface area contributed by atoms with E-state index >= 15 is 0 Å². The highest BCUT2D eigenvalue weighted by Gasteiger charge is 2.08. The zero-order chi connectivity index (χ0) is 24.7. The van der Waals surface area contributed by atoms with Gasteiger partial charge < -0.3 is 21.7 Å². The average molecular weight is 471 g/mol. The van der Waals surface area contributed by atoms with Gasteiger partial charge in [0, 0.05) is 50.9 Å². The molecule has 0 saturated heterocycles. The molecule has 0 amide bonds. The second-order valence-corrected chi connectivity index (χ2v) is 8.42. The van der Waals surface area contributed by atoms with Crippen LogP contribution in [0.15, 0.2) is 127 Å². The van der Waals surface area contributed by atoms with Crippen LogP contribution in [0.4, 0.5) is 39.8 Å². The van der Waals surface area contributed by atoms with Crippen LogP contribution in [0.5, 0.6) is 0 Å². The molecule has 0 radical (unpaired) electrons. The van der Waals surface area contributed by atoms with Crippen LogP contribution in [-0.2, 0) is 0 Å². The topological polar surface area (TPSA) is 79.2 Å². The van der Waals surface area contributed by atoms with Crippen molar-refractivity contribution < 1.29 is 4.79 Å². The normalized spacial score (nSPS) is 10.4. The molecule has 0 fully saturated rings. The molecule has 0 unspecified atom stereocenters. The lowest BCUT2D eigenvalue weighted by atomic mass is 10.0. The molecular weight excluding hydrogens is 444 g/mol. The first kappa shape index (κ1) is 22.7. The van der Waals surface area contributed by atoms with Crippen molar-refractivity contribution in [2.75, 3.05) is 21.7 Å². The van der Waals surface area contributed by atoms with E-state index in [0.717, 1.165) is 39.8 Å². The number of nitrogens with two attached hydrogens (primary N) is 1. The molecule has 5 nitrogen and oxygen atoms in total. The third-order valence-corrected chi connectivity index (χ3v) is 5.73. The Morgan fingerprint density at radius 2 is 0.722 bits per heavy atom. The molecule has 0 bridgehead atoms. The van der Waals surface area contributed by atoms with Gasteiger partial charge in [-0.1, -0.05) is 30.3 Å². The van der Waals surface area contributed by atoms with E-state index in [1.54, 1.807) is 0 Å². The van der Waals surface area contributed by atoms with Gasteiger partial charge in [0.05, 0.1) is 0 Å². The minimum absolute atomic E-state index is 0.0200. The number of nitrogen functional groups attached to an aromatic ring is 1. The fraction of sp³-hybridized carbons (Fsp3) is 0. The molecule has 5 N–H and O–H groups in total. The number of rotatable bonds is 8. The maximum Gasteiger partial charge on any atom is 0.193 e. The molecule has 176 valence electrons. The standard InChI is InChI=1S/C31H26N4O/c32-24-8-12-26(13-9-24)34-28-16-20-30(21-17-28)35-29-18-14-27(15-19-29)33-25-10-6-23(7-11-25)31(36)22-4-2-1-3-5-22/h1-21,33-35H,32H2. The van der Waals surface area contributed by atoms with Gasteiger partial charge in [0.25, 0.3) is 0 Å². The van der Waals surface area contributed by atoms with E-state index in [-0.39, 0.29) is 5.78 Å². The van der Waals surface area contributed by atoms with E-state index in [1.807, 2.05) is 127 Å². The lowest BCUT2D eigenvalue weighted by Gasteiger charge is -2.11. The fourth-order valence-electron chi connectivity index (χ4n) is 3.80. The number of hydrogen-bond acceptors (Lipinski definition) is 5. The predicted molar refractivity (Wildman–Crippen MR) is 150 cm³/mol. The van der Waals surface area contributed by atoms with Crippen molar-refractivity contribution in [1.82, 2.24) is 0 Å². The lowest BCUT2D eigenvalue weighted by Crippen LogP contribution is -2.01. The summed E-state index contributed by atoms with van der Waals surface area (Å²) in [5.74, 6) is 0.0200. The smallest absolute Gasteiger partial charge is 0.193 e. The van der Waals surface area contributed by atoms with Crippen LogP contribution < -0.4 is 21.7 Å². The van der Waals surface area contributed by atoms with Crippen molar-refractivity contribution in [1.29, 1.82) is 0 Å². The van der Waals surface area contributed by atoms with Crippen molar-refractivity contribution in [3.05, 3.63) is 139 Å². The molecule has 0 aliphatic heterocycles. The highest BCUT2D eigenvalue weighted by molar-refractivity contribution is 6.09. The van der Waals surface area contributed by atoms with Crippen LogP contribution in [0.3, 0.4) is 0 Å². The van der Waals surface area contributed by atoms with E-state index in [2.05, 4.69) is 16.0 Å². The Morgan fingerprint density at radius 3 is 1.11 bits per heavy atom. The number of benzene rings is 5. The SMILES string of the molecule is Nc1ccc(Nc2ccc(Nc3ccc(Nc4ccc(C(=O)c5ccccc5)cc4)cc3)cc2)cc1. The van der Waals surface area contributed by atoms with Crippen LogP contribution in [-0.4, -0.2) is 5.78 Å². The summed E-state index contributed by atoms with van der Waals surface area (Å²) in [5.41, 5.74) is 13.7. The summed E-state index contributed by atoms with van der Waals surface area (Å²) in [7, 11) is 0. The Bertz CT molecular complexity index is 1430. The van der Waals surface area contributed by atoms with Crippen LogP contribution in [0, 0.1) is 0 Å². The van der Waals surface area contributed by atoms with Crippen molar-refractivity contribution in [2.24, 2.45) is 0 Å². The number of carbonyl (C=O) groups is 1. The number of ketones is 1. The Labute approximate surface area is 210 Å². The Kier molecular flexibility index (Phi) is 6.63. The highest BCUT2D eigenvalue weighted by atomic mass is 16.1. The third kappa shape index (κ3) is 5.72. The van der Waals surface area contributed by atoms with Crippen LogP contribution in [0.25, 0.3) is 0 Å². The molecule has 0 aliphatic carbocycles. The van der Waals surface area contributed by atoms with Gasteiger partial charge in [-0.2, -0.15) is 0 Å². The number of nitrogens with one attached hydrogen (secondary N) is 3. The van der Waals surface area contributed by atoms with E-state index in [1.165, 1.54) is 0 Å². The summed E-state index contributed by atoms with van der Waals surface area (Å²) in [6, 6.07) is 40.7. The highest BCUT2D eigenvalue weighted by Crippen LogP contribution is 2.24. The molecule has 0 spiro atoms. The fourth-order valence-corrected chi connectivity index (χ4v) is 3.80. The van der Waals surface area contributed by atoms with Gasteiger partial charge in [-0.05, 0) is 97.1 Å². The average Bonchev–Trinajstić information content (AvgIpc) is 2.93. The number of hydrogen-bond donors (Lipinski definition) is 4. The van der Waals surface area contributed by atoms with E-state index in [9.17, 15) is 4.79 Å². The number of carbonyl (C=O) groups excluding carboxylic acids is 1. The van der Waals surface area contributed by atoms with Gasteiger partial charge in [-0.3, -0.25) is 4.79 Å². The summed E-state index contributed by atoms with van der Waals surface area (Å²) in [6.07, 6.45) is 0. The van der Waals surface area contributed by atoms with Gasteiger partial charge in [-0.15, -0.1) is 0 Å². The quantitative estimate of drug-likeness (QED) is 0.138. The maximum atomic E-state index is 12.6. The molecule has 5 heteroatoms. The molecule has 0 saturated carbocycles. The van der Waals surface area contributed by atoms with Crippen LogP contribution in [0.1, 0.15) is 15.9 Å². The predicted octanol–water partition coefficient (Wildman–Crippen LogP) is 7.73. The molecule has 0 aromatic heterocycles. The molecule has 0 heterocycles. The monoisotopic (exact) mass is 470 g/mol. The van der Waals surface area contributed by atoms with E-state index in [4.69, 9.17) is 5.73 Å². The van der Waals surface area contributed by atoms with Crippen molar-refractivity contribution >= 4 is 45.6 Å². The summed E-state index contributed by atoms with van der Waals surface area (Å²) < 4.78 is 0. The van der Waals surface area contributed by atoms with E-state index < -0.39 is 0 Å². The van der Waals surface area contributed by atoms with Crippen molar-refractivity contribution in [3.63, 3.8) is 0 Å². The van der Waals surface area contributed by atoms with Crippen molar-refractivity contribution in [2.45, 2.75) is 0 Å². The molecule has 0 aliphatic rings. The van der Waals surface area contributed by atoms with Crippen LogP contribution in [0.2, 0.25) is 0 Å². The maximum absolute atomic E-state index is 12.6. The number of anilines is 7. The third-order valence-electron chi connectivity index (χ3n) is 5.73. The van der Waals surface area contributed by atoms with Gasteiger partial charge in [0.1, 0.15) is 0 Å². The van der Waals surface area contributed by atoms with Gasteiger partial charge >= 0.3 is 0 Å². The molecule has 5 rings (SSSR count). The summed E-state index contributed by atoms with van der Waals surface area (Å²) >= 11 is 0. The minimum Gasteiger partial charge on any atom is -0.399 e. The second kappa shape index (κ2) is 10.5. The first-order valence-corrected chi connectivity index (χ1v) is 11.7. The molecule has 36 heavy (non-hydrogen) atoms. The summed E-state index contributed by atoms with van der Waals surface area (Å²) in [5, 5.41) is 10.2. The molecular formula is C31H26N4O. The van der Waals surface area contributed by atoms with Gasteiger partial charge in [0.2, 0.25) is 0 Å². The largest absolute Gasteiger partial charge is 0.399 e. The molecule has 5 aromatic rings. The first-order chi connectivity index (χ1) is 17.6. The van der Waals surface area contributed by atoms with Gasteiger partial charge in [0.15, 0.2) is 5.78 Å². The molecule has 0 atom stereocenters. The zero-order valence-electron chi connectivity index (χ0n) is 19.6. The Morgan fingerprint density at radius 1 is 0.417 bits per heavy atom. The van der Waals surface area contributed by atoms with Crippen LogP contribution >= 0.6 is 0 Å². The second-order valence-electron chi connectivity index (χ2n) is 8.42. The van der Waals surface area contributed by atoms with Gasteiger partial charge in [-0.25, -0.2) is 0 Å². The minimum atomic E-state index is 0.0200.